The zero-order chi connectivity index (χ0) is 9.90. The first-order chi connectivity index (χ1) is 6.08. The lowest BCUT2D eigenvalue weighted by Crippen LogP contribution is -2.32. The van der Waals surface area contributed by atoms with Crippen molar-refractivity contribution in [3.63, 3.8) is 0 Å². The summed E-state index contributed by atoms with van der Waals surface area (Å²) in [6.45, 7) is 3.87. The van der Waals surface area contributed by atoms with Crippen LogP contribution in [0.3, 0.4) is 0 Å². The molecule has 1 saturated carbocycles. The summed E-state index contributed by atoms with van der Waals surface area (Å²) < 4.78 is 0. The summed E-state index contributed by atoms with van der Waals surface area (Å²) in [5.74, 6) is 0.167. The maximum absolute atomic E-state index is 9.86. The summed E-state index contributed by atoms with van der Waals surface area (Å²) in [6.07, 6.45) is 5.08. The minimum atomic E-state index is -0.371. The molecular formula is C11H19NO. The third-order valence-electron chi connectivity index (χ3n) is 3.19. The highest BCUT2D eigenvalue weighted by Crippen LogP contribution is 2.36. The summed E-state index contributed by atoms with van der Waals surface area (Å²) in [5.41, 5.74) is -0.371. The lowest BCUT2D eigenvalue weighted by Gasteiger charge is -2.30. The topological polar surface area (TPSA) is 44.0 Å². The maximum Gasteiger partial charge on any atom is 0.0687 e. The van der Waals surface area contributed by atoms with Gasteiger partial charge < -0.3 is 5.11 Å². The fraction of sp³-hybridized carbons (Fsp3) is 0.909. The molecule has 13 heavy (non-hydrogen) atoms. The van der Waals surface area contributed by atoms with Crippen LogP contribution in [0.2, 0.25) is 0 Å². The van der Waals surface area contributed by atoms with Crippen molar-refractivity contribution in [3.8, 4) is 6.07 Å². The number of aliphatic hydroxyl groups excluding tert-OH is 1. The van der Waals surface area contributed by atoms with E-state index in [0.29, 0.717) is 0 Å². The van der Waals surface area contributed by atoms with Crippen molar-refractivity contribution in [1.82, 2.24) is 0 Å². The molecule has 2 atom stereocenters. The third kappa shape index (κ3) is 2.45. The highest BCUT2D eigenvalue weighted by atomic mass is 16.3. The Hall–Kier alpha value is -0.550. The fourth-order valence-electron chi connectivity index (χ4n) is 2.21. The van der Waals surface area contributed by atoms with Gasteiger partial charge in [0.25, 0.3) is 0 Å². The van der Waals surface area contributed by atoms with Gasteiger partial charge in [0.15, 0.2) is 0 Å². The van der Waals surface area contributed by atoms with E-state index in [4.69, 9.17) is 5.26 Å². The molecule has 0 amide bonds. The first-order valence-corrected chi connectivity index (χ1v) is 5.17. The van der Waals surface area contributed by atoms with Crippen molar-refractivity contribution < 1.29 is 5.11 Å². The molecule has 0 heterocycles. The number of aliphatic hydroxyl groups is 1. The van der Waals surface area contributed by atoms with E-state index < -0.39 is 0 Å². The molecule has 1 aliphatic carbocycles. The molecule has 2 heteroatoms. The van der Waals surface area contributed by atoms with E-state index in [9.17, 15) is 5.11 Å². The van der Waals surface area contributed by atoms with E-state index in [2.05, 4.69) is 6.07 Å². The van der Waals surface area contributed by atoms with Crippen molar-refractivity contribution in [3.05, 3.63) is 0 Å². The van der Waals surface area contributed by atoms with Crippen LogP contribution in [0, 0.1) is 22.7 Å². The van der Waals surface area contributed by atoms with Crippen LogP contribution in [0.4, 0.5) is 0 Å². The normalized spacial score (nSPS) is 30.6. The van der Waals surface area contributed by atoms with Crippen LogP contribution in [0.15, 0.2) is 0 Å². The lowest BCUT2D eigenvalue weighted by molar-refractivity contribution is 0.0527. The number of nitriles is 1. The zero-order valence-electron chi connectivity index (χ0n) is 8.58. The van der Waals surface area contributed by atoms with Gasteiger partial charge in [-0.25, -0.2) is 0 Å². The average Bonchev–Trinajstić information content (AvgIpc) is 2.30. The van der Waals surface area contributed by atoms with E-state index in [1.807, 2.05) is 13.8 Å². The molecule has 2 unspecified atom stereocenters. The Morgan fingerprint density at radius 3 is 2.46 bits per heavy atom. The molecule has 0 saturated heterocycles. The predicted octanol–water partition coefficient (Wildman–Crippen LogP) is 2.48. The molecule has 0 spiro atoms. The van der Waals surface area contributed by atoms with Gasteiger partial charge in [0, 0.05) is 5.92 Å². The van der Waals surface area contributed by atoms with E-state index in [1.165, 1.54) is 6.42 Å². The number of hydrogen-bond acceptors (Lipinski definition) is 2. The molecule has 2 nitrogen and oxygen atoms in total. The second-order valence-corrected chi connectivity index (χ2v) is 4.65. The highest BCUT2D eigenvalue weighted by molar-refractivity contribution is 4.99. The average molecular weight is 181 g/mol. The van der Waals surface area contributed by atoms with Gasteiger partial charge >= 0.3 is 0 Å². The van der Waals surface area contributed by atoms with Gasteiger partial charge in [-0.05, 0) is 26.7 Å². The molecule has 0 aliphatic heterocycles. The van der Waals surface area contributed by atoms with Crippen molar-refractivity contribution in [2.24, 2.45) is 11.3 Å². The van der Waals surface area contributed by atoms with Crippen LogP contribution in [0.25, 0.3) is 0 Å². The molecule has 0 aromatic heterocycles. The fourth-order valence-corrected chi connectivity index (χ4v) is 2.21. The second-order valence-electron chi connectivity index (χ2n) is 4.65. The molecule has 1 rings (SSSR count). The van der Waals surface area contributed by atoms with Crippen LogP contribution in [-0.4, -0.2) is 11.2 Å². The third-order valence-corrected chi connectivity index (χ3v) is 3.19. The van der Waals surface area contributed by atoms with Gasteiger partial charge in [-0.3, -0.25) is 0 Å². The Balaban J connectivity index is 2.70. The monoisotopic (exact) mass is 181 g/mol. The minimum Gasteiger partial charge on any atom is -0.393 e. The zero-order valence-corrected chi connectivity index (χ0v) is 8.58. The molecule has 74 valence electrons. The van der Waals surface area contributed by atoms with Crippen LogP contribution in [0.5, 0.6) is 0 Å². The Labute approximate surface area is 80.6 Å². The summed E-state index contributed by atoms with van der Waals surface area (Å²) in [5, 5.41) is 18.9. The Bertz CT molecular complexity index is 205. The molecule has 1 N–H and O–H groups in total. The second kappa shape index (κ2) is 4.11. The summed E-state index contributed by atoms with van der Waals surface area (Å²) in [7, 11) is 0. The molecule has 1 aliphatic rings. The molecule has 1 fully saturated rings. The van der Waals surface area contributed by atoms with Gasteiger partial charge in [0.05, 0.1) is 17.6 Å². The number of rotatable bonds is 1. The van der Waals surface area contributed by atoms with Crippen LogP contribution < -0.4 is 0 Å². The van der Waals surface area contributed by atoms with E-state index in [1.54, 1.807) is 0 Å². The van der Waals surface area contributed by atoms with E-state index >= 15 is 0 Å². The molecule has 0 aromatic carbocycles. The standard InChI is InChI=1S/C11H19NO/c1-11(2,8-12)9-6-4-3-5-7-10(9)13/h9-10,13H,3-7H2,1-2H3. The smallest absolute Gasteiger partial charge is 0.0687 e. The first kappa shape index (κ1) is 10.5. The quantitative estimate of drug-likeness (QED) is 0.631. The van der Waals surface area contributed by atoms with Crippen LogP contribution in [0.1, 0.15) is 46.0 Å². The summed E-state index contributed by atoms with van der Waals surface area (Å²) >= 11 is 0. The van der Waals surface area contributed by atoms with Gasteiger partial charge in [0.2, 0.25) is 0 Å². The van der Waals surface area contributed by atoms with E-state index in [0.717, 1.165) is 25.7 Å². The predicted molar refractivity (Wildman–Crippen MR) is 52.0 cm³/mol. The van der Waals surface area contributed by atoms with E-state index in [-0.39, 0.29) is 17.4 Å². The van der Waals surface area contributed by atoms with Crippen molar-refractivity contribution in [2.75, 3.05) is 0 Å². The van der Waals surface area contributed by atoms with Crippen molar-refractivity contribution >= 4 is 0 Å². The first-order valence-electron chi connectivity index (χ1n) is 5.17. The van der Waals surface area contributed by atoms with Gasteiger partial charge in [-0.15, -0.1) is 0 Å². The van der Waals surface area contributed by atoms with Crippen molar-refractivity contribution in [2.45, 2.75) is 52.1 Å². The number of hydrogen-bond donors (Lipinski definition) is 1. The Kier molecular flexibility index (Phi) is 3.33. The van der Waals surface area contributed by atoms with Gasteiger partial charge in [0.1, 0.15) is 0 Å². The lowest BCUT2D eigenvalue weighted by atomic mass is 9.74. The largest absolute Gasteiger partial charge is 0.393 e. The molecule has 0 aromatic rings. The summed E-state index contributed by atoms with van der Waals surface area (Å²) in [6, 6.07) is 2.31. The Morgan fingerprint density at radius 1 is 1.23 bits per heavy atom. The van der Waals surface area contributed by atoms with Gasteiger partial charge in [-0.1, -0.05) is 19.3 Å². The number of nitrogens with zero attached hydrogens (tertiary/aromatic N) is 1. The summed E-state index contributed by atoms with van der Waals surface area (Å²) in [4.78, 5) is 0. The van der Waals surface area contributed by atoms with Crippen molar-refractivity contribution in [1.29, 1.82) is 5.26 Å². The molecule has 0 bridgehead atoms. The minimum absolute atomic E-state index is 0.167. The maximum atomic E-state index is 9.86. The Morgan fingerprint density at radius 2 is 1.85 bits per heavy atom. The highest BCUT2D eigenvalue weighted by Gasteiger charge is 2.35. The van der Waals surface area contributed by atoms with Crippen LogP contribution in [-0.2, 0) is 0 Å². The SMILES string of the molecule is CC(C)(C#N)C1CCCCCC1O. The molecular weight excluding hydrogens is 162 g/mol. The van der Waals surface area contributed by atoms with Crippen LogP contribution >= 0.6 is 0 Å². The molecule has 0 radical (unpaired) electrons. The van der Waals surface area contributed by atoms with Gasteiger partial charge in [-0.2, -0.15) is 5.26 Å².